The van der Waals surface area contributed by atoms with E-state index in [-0.39, 0.29) is 17.3 Å². The van der Waals surface area contributed by atoms with Gasteiger partial charge < -0.3 is 9.84 Å². The highest BCUT2D eigenvalue weighted by molar-refractivity contribution is 6.30. The number of likely N-dealkylation sites (tertiary alicyclic amines) is 1. The Balaban J connectivity index is 1.69. The number of carbonyl (C=O) groups is 1. The highest BCUT2D eigenvalue weighted by atomic mass is 35.5. The van der Waals surface area contributed by atoms with Gasteiger partial charge in [0, 0.05) is 11.6 Å². The third-order valence-corrected chi connectivity index (χ3v) is 5.47. The maximum absolute atomic E-state index is 12.9. The first kappa shape index (κ1) is 18.1. The molecule has 1 fully saturated rings. The van der Waals surface area contributed by atoms with Gasteiger partial charge in [-0.2, -0.15) is 0 Å². The molecule has 0 aromatic heterocycles. The highest BCUT2D eigenvalue weighted by Gasteiger charge is 2.33. The number of Topliss-reactive ketones (excluding diaryl/α,β-unsaturated/α-hetero) is 1. The molecule has 0 aliphatic carbocycles. The number of nitrogens with zero attached hydrogens (tertiary/aromatic N) is 1. The zero-order chi connectivity index (χ0) is 19.0. The average molecular weight is 384 g/mol. The van der Waals surface area contributed by atoms with Gasteiger partial charge in [-0.15, -0.1) is 0 Å². The lowest BCUT2D eigenvalue weighted by molar-refractivity contribution is 0.101. The maximum Gasteiger partial charge on any atom is 0.232 e. The van der Waals surface area contributed by atoms with Gasteiger partial charge in [-0.05, 0) is 68.3 Å². The van der Waals surface area contributed by atoms with Crippen LogP contribution in [0, 0.1) is 6.92 Å². The van der Waals surface area contributed by atoms with Crippen molar-refractivity contribution in [3.05, 3.63) is 63.4 Å². The molecule has 0 radical (unpaired) electrons. The Hall–Kier alpha value is -2.30. The van der Waals surface area contributed by atoms with Crippen LogP contribution in [-0.4, -0.2) is 28.9 Å². The van der Waals surface area contributed by atoms with Crippen LogP contribution in [0.3, 0.4) is 0 Å². The third-order valence-electron chi connectivity index (χ3n) is 5.22. The number of fused-ring (bicyclic) bond motifs is 1. The van der Waals surface area contributed by atoms with Gasteiger partial charge in [-0.25, -0.2) is 0 Å². The molecule has 2 aromatic carbocycles. The smallest absolute Gasteiger partial charge is 0.232 e. The number of allylic oxidation sites excluding steroid dienone is 1. The number of carbonyl (C=O) groups excluding carboxylic acids is 1. The number of aryl methyl sites for hydroxylation is 1. The largest absolute Gasteiger partial charge is 0.507 e. The zero-order valence-corrected chi connectivity index (χ0v) is 16.1. The summed E-state index contributed by atoms with van der Waals surface area (Å²) in [5, 5.41) is 11.2. The molecule has 140 valence electrons. The molecular formula is C22H22ClNO3. The number of benzene rings is 2. The van der Waals surface area contributed by atoms with Crippen LogP contribution in [0.25, 0.3) is 6.08 Å². The summed E-state index contributed by atoms with van der Waals surface area (Å²) in [5.41, 5.74) is 2.83. The van der Waals surface area contributed by atoms with Crippen LogP contribution < -0.4 is 4.74 Å². The van der Waals surface area contributed by atoms with Gasteiger partial charge in [0.2, 0.25) is 5.78 Å². The molecule has 4 rings (SSSR count). The van der Waals surface area contributed by atoms with Gasteiger partial charge in [-0.1, -0.05) is 30.2 Å². The average Bonchev–Trinajstić information content (AvgIpc) is 2.98. The lowest BCUT2D eigenvalue weighted by atomic mass is 9.98. The molecule has 0 atom stereocenters. The number of piperidine rings is 1. The minimum absolute atomic E-state index is 0.141. The van der Waals surface area contributed by atoms with E-state index in [0.29, 0.717) is 28.4 Å². The third kappa shape index (κ3) is 3.60. The molecule has 2 aliphatic heterocycles. The van der Waals surface area contributed by atoms with Crippen LogP contribution in [0.4, 0.5) is 0 Å². The number of hydrogen-bond donors (Lipinski definition) is 1. The minimum atomic E-state index is -0.141. The number of ketones is 1. The number of phenolic OH excluding ortho intramolecular Hbond substituents is 1. The lowest BCUT2D eigenvalue weighted by Gasteiger charge is -2.27. The van der Waals surface area contributed by atoms with E-state index in [4.69, 9.17) is 16.3 Å². The van der Waals surface area contributed by atoms with Crippen molar-refractivity contribution in [3.63, 3.8) is 0 Å². The van der Waals surface area contributed by atoms with E-state index >= 15 is 0 Å². The summed E-state index contributed by atoms with van der Waals surface area (Å²) >= 11 is 5.93. The molecule has 0 saturated carbocycles. The second kappa shape index (κ2) is 7.37. The van der Waals surface area contributed by atoms with Gasteiger partial charge in [0.25, 0.3) is 0 Å². The van der Waals surface area contributed by atoms with Crippen LogP contribution in [0.1, 0.15) is 46.3 Å². The van der Waals surface area contributed by atoms with Crippen LogP contribution in [0.2, 0.25) is 5.02 Å². The number of aromatic hydroxyl groups is 1. The van der Waals surface area contributed by atoms with Gasteiger partial charge >= 0.3 is 0 Å². The van der Waals surface area contributed by atoms with Crippen LogP contribution in [-0.2, 0) is 6.54 Å². The molecule has 5 heteroatoms. The van der Waals surface area contributed by atoms with Crippen LogP contribution in [0.5, 0.6) is 11.5 Å². The monoisotopic (exact) mass is 383 g/mol. The van der Waals surface area contributed by atoms with Crippen LogP contribution >= 0.6 is 11.6 Å². The molecule has 0 bridgehead atoms. The summed E-state index contributed by atoms with van der Waals surface area (Å²) in [7, 11) is 0. The van der Waals surface area contributed by atoms with Crippen molar-refractivity contribution in [1.29, 1.82) is 0 Å². The fourth-order valence-electron chi connectivity index (χ4n) is 3.78. The highest BCUT2D eigenvalue weighted by Crippen LogP contribution is 2.42. The molecule has 1 N–H and O–H groups in total. The van der Waals surface area contributed by atoms with Crippen molar-refractivity contribution >= 4 is 23.5 Å². The quantitative estimate of drug-likeness (QED) is 0.761. The Morgan fingerprint density at radius 1 is 1.19 bits per heavy atom. The summed E-state index contributed by atoms with van der Waals surface area (Å²) in [5.74, 6) is 0.832. The predicted molar refractivity (Wildman–Crippen MR) is 106 cm³/mol. The first-order chi connectivity index (χ1) is 13.0. The van der Waals surface area contributed by atoms with Gasteiger partial charge in [0.1, 0.15) is 11.5 Å². The molecule has 4 nitrogen and oxygen atoms in total. The fraction of sp³-hybridized carbons (Fsp3) is 0.318. The van der Waals surface area contributed by atoms with E-state index in [1.807, 2.05) is 19.1 Å². The van der Waals surface area contributed by atoms with E-state index in [0.717, 1.165) is 37.1 Å². The molecule has 1 saturated heterocycles. The van der Waals surface area contributed by atoms with Crippen molar-refractivity contribution in [1.82, 2.24) is 4.90 Å². The Kier molecular flexibility index (Phi) is 4.94. The van der Waals surface area contributed by atoms with Crippen molar-refractivity contribution in [2.24, 2.45) is 0 Å². The Morgan fingerprint density at radius 3 is 2.59 bits per heavy atom. The summed E-state index contributed by atoms with van der Waals surface area (Å²) in [6, 6.07) is 8.91. The van der Waals surface area contributed by atoms with Crippen LogP contribution in [0.15, 0.2) is 36.1 Å². The topological polar surface area (TPSA) is 49.8 Å². The van der Waals surface area contributed by atoms with Crippen molar-refractivity contribution in [2.45, 2.75) is 32.7 Å². The van der Waals surface area contributed by atoms with E-state index in [9.17, 15) is 9.90 Å². The maximum atomic E-state index is 12.9. The second-order valence-corrected chi connectivity index (χ2v) is 7.66. The standard InChI is InChI=1S/C22H22ClNO3/c1-14-11-18(25)17(13-24-9-3-2-4-10-24)22-20(14)21(26)19(27-22)12-15-5-7-16(23)8-6-15/h5-8,11-12,25H,2-4,9-10,13H2,1H3/b19-12-. The molecular weight excluding hydrogens is 362 g/mol. The summed E-state index contributed by atoms with van der Waals surface area (Å²) < 4.78 is 5.98. The summed E-state index contributed by atoms with van der Waals surface area (Å²) in [4.78, 5) is 15.2. The molecule has 0 amide bonds. The number of halogens is 1. The molecule has 0 spiro atoms. The van der Waals surface area contributed by atoms with Crippen molar-refractivity contribution < 1.29 is 14.6 Å². The SMILES string of the molecule is Cc1cc(O)c(CN2CCCCC2)c2c1C(=O)/C(=C/c1ccc(Cl)cc1)O2. The Morgan fingerprint density at radius 2 is 1.89 bits per heavy atom. The molecule has 2 aliphatic rings. The van der Waals surface area contributed by atoms with E-state index in [2.05, 4.69) is 4.90 Å². The van der Waals surface area contributed by atoms with Gasteiger partial charge in [0.15, 0.2) is 5.76 Å². The first-order valence-electron chi connectivity index (χ1n) is 9.30. The number of hydrogen-bond acceptors (Lipinski definition) is 4. The zero-order valence-electron chi connectivity index (χ0n) is 15.3. The lowest BCUT2D eigenvalue weighted by Crippen LogP contribution is -2.29. The minimum Gasteiger partial charge on any atom is -0.507 e. The molecule has 2 heterocycles. The first-order valence-corrected chi connectivity index (χ1v) is 9.68. The number of ether oxygens (including phenoxy) is 1. The van der Waals surface area contributed by atoms with Gasteiger partial charge in [-0.3, -0.25) is 9.69 Å². The Labute approximate surface area is 164 Å². The molecule has 0 unspecified atom stereocenters. The van der Waals surface area contributed by atoms with E-state index in [1.165, 1.54) is 6.42 Å². The second-order valence-electron chi connectivity index (χ2n) is 7.22. The fourth-order valence-corrected chi connectivity index (χ4v) is 3.91. The normalized spacial score (nSPS) is 18.6. The summed E-state index contributed by atoms with van der Waals surface area (Å²) in [6.45, 7) is 4.43. The van der Waals surface area contributed by atoms with E-state index in [1.54, 1.807) is 24.3 Å². The van der Waals surface area contributed by atoms with Crippen molar-refractivity contribution in [2.75, 3.05) is 13.1 Å². The molecule has 2 aromatic rings. The Bertz CT molecular complexity index is 912. The molecule has 27 heavy (non-hydrogen) atoms. The van der Waals surface area contributed by atoms with Gasteiger partial charge in [0.05, 0.1) is 11.1 Å². The predicted octanol–water partition coefficient (Wildman–Crippen LogP) is 4.96. The number of phenols is 1. The number of rotatable bonds is 3. The van der Waals surface area contributed by atoms with E-state index < -0.39 is 0 Å². The summed E-state index contributed by atoms with van der Waals surface area (Å²) in [6.07, 6.45) is 5.30. The van der Waals surface area contributed by atoms with Crippen molar-refractivity contribution in [3.8, 4) is 11.5 Å².